The molecule has 1 fully saturated rings. The van der Waals surface area contributed by atoms with Crippen LogP contribution in [0.3, 0.4) is 0 Å². The molecule has 0 aliphatic carbocycles. The van der Waals surface area contributed by atoms with Gasteiger partial charge in [-0.05, 0) is 82.9 Å². The molecule has 2 aromatic carbocycles. The van der Waals surface area contributed by atoms with Crippen molar-refractivity contribution in [1.29, 1.82) is 0 Å². The Morgan fingerprint density at radius 2 is 1.37 bits per heavy atom. The standard InChI is InChI=1S/C22H30N2O4S2/c1-15-13-16(2)22(17(3)14-15)29(25,26)23-20-9-11-21(12-10-20)30(27,28)24-18(4)7-6-8-19(24)5/h9-14,18-19,23H,6-8H2,1-5H3/t18-,19+. The highest BCUT2D eigenvalue weighted by Crippen LogP contribution is 2.30. The Hall–Kier alpha value is -1.90. The van der Waals surface area contributed by atoms with Gasteiger partial charge in [0.2, 0.25) is 10.0 Å². The molecule has 0 unspecified atom stereocenters. The summed E-state index contributed by atoms with van der Waals surface area (Å²) in [5.41, 5.74) is 2.67. The zero-order chi connectivity index (χ0) is 22.3. The van der Waals surface area contributed by atoms with Crippen molar-refractivity contribution in [2.45, 2.75) is 75.8 Å². The largest absolute Gasteiger partial charge is 0.280 e. The van der Waals surface area contributed by atoms with E-state index in [2.05, 4.69) is 4.72 Å². The molecule has 1 saturated heterocycles. The van der Waals surface area contributed by atoms with Gasteiger partial charge in [0, 0.05) is 17.8 Å². The molecule has 3 rings (SSSR count). The first-order valence-electron chi connectivity index (χ1n) is 10.2. The zero-order valence-electron chi connectivity index (χ0n) is 18.1. The Bertz CT molecular complexity index is 1110. The second-order valence-corrected chi connectivity index (χ2v) is 11.8. The van der Waals surface area contributed by atoms with Gasteiger partial charge in [-0.1, -0.05) is 24.1 Å². The molecule has 0 spiro atoms. The molecule has 1 aliphatic rings. The highest BCUT2D eigenvalue weighted by molar-refractivity contribution is 7.92. The number of nitrogens with zero attached hydrogens (tertiary/aromatic N) is 1. The number of hydrogen-bond acceptors (Lipinski definition) is 4. The van der Waals surface area contributed by atoms with Crippen molar-refractivity contribution in [3.05, 3.63) is 53.1 Å². The maximum absolute atomic E-state index is 13.1. The van der Waals surface area contributed by atoms with Crippen molar-refractivity contribution < 1.29 is 16.8 Å². The fourth-order valence-electron chi connectivity index (χ4n) is 4.48. The Balaban J connectivity index is 1.88. The van der Waals surface area contributed by atoms with E-state index < -0.39 is 20.0 Å². The third-order valence-electron chi connectivity index (χ3n) is 5.67. The van der Waals surface area contributed by atoms with Crippen LogP contribution in [0.1, 0.15) is 49.8 Å². The molecule has 164 valence electrons. The Morgan fingerprint density at radius 1 is 0.867 bits per heavy atom. The van der Waals surface area contributed by atoms with Crippen molar-refractivity contribution in [3.8, 4) is 0 Å². The van der Waals surface area contributed by atoms with Crippen LogP contribution in [0.15, 0.2) is 46.2 Å². The second kappa shape index (κ2) is 8.32. The van der Waals surface area contributed by atoms with Gasteiger partial charge in [0.25, 0.3) is 10.0 Å². The number of nitrogens with one attached hydrogen (secondary N) is 1. The van der Waals surface area contributed by atoms with Crippen LogP contribution >= 0.6 is 0 Å². The minimum Gasteiger partial charge on any atom is -0.280 e. The van der Waals surface area contributed by atoms with Crippen LogP contribution in [-0.2, 0) is 20.0 Å². The lowest BCUT2D eigenvalue weighted by Gasteiger charge is -2.37. The van der Waals surface area contributed by atoms with Crippen molar-refractivity contribution in [1.82, 2.24) is 4.31 Å². The summed E-state index contributed by atoms with van der Waals surface area (Å²) in [7, 11) is -7.42. The molecule has 2 aromatic rings. The second-order valence-electron chi connectivity index (χ2n) is 8.32. The van der Waals surface area contributed by atoms with Crippen LogP contribution in [-0.4, -0.2) is 33.2 Å². The first-order chi connectivity index (χ1) is 13.9. The average molecular weight is 451 g/mol. The normalized spacial score (nSPS) is 20.8. The van der Waals surface area contributed by atoms with Gasteiger partial charge < -0.3 is 0 Å². The SMILES string of the molecule is Cc1cc(C)c(S(=O)(=O)Nc2ccc(S(=O)(=O)N3[C@H](C)CCC[C@@H]3C)cc2)c(C)c1. The Kier molecular flexibility index (Phi) is 6.32. The van der Waals surface area contributed by atoms with Crippen LogP contribution in [0, 0.1) is 20.8 Å². The van der Waals surface area contributed by atoms with Gasteiger partial charge in [0.05, 0.1) is 9.79 Å². The summed E-state index contributed by atoms with van der Waals surface area (Å²) in [5, 5.41) is 0. The topological polar surface area (TPSA) is 83.5 Å². The molecule has 0 bridgehead atoms. The van der Waals surface area contributed by atoms with Crippen molar-refractivity contribution in [3.63, 3.8) is 0 Å². The molecular formula is C22H30N2O4S2. The average Bonchev–Trinajstić information content (AvgIpc) is 2.60. The first-order valence-corrected chi connectivity index (χ1v) is 13.1. The predicted molar refractivity (Wildman–Crippen MR) is 120 cm³/mol. The molecule has 0 aromatic heterocycles. The fourth-order valence-corrected chi connectivity index (χ4v) is 7.88. The highest BCUT2D eigenvalue weighted by Gasteiger charge is 2.35. The number of anilines is 1. The smallest absolute Gasteiger partial charge is 0.262 e. The molecule has 1 N–H and O–H groups in total. The van der Waals surface area contributed by atoms with Gasteiger partial charge in [-0.15, -0.1) is 0 Å². The number of hydrogen-bond donors (Lipinski definition) is 1. The number of benzene rings is 2. The van der Waals surface area contributed by atoms with Crippen LogP contribution < -0.4 is 4.72 Å². The molecule has 0 amide bonds. The van der Waals surface area contributed by atoms with Gasteiger partial charge >= 0.3 is 0 Å². The zero-order valence-corrected chi connectivity index (χ0v) is 19.8. The van der Waals surface area contributed by atoms with Gasteiger partial charge in [-0.25, -0.2) is 16.8 Å². The van der Waals surface area contributed by atoms with E-state index in [-0.39, 0.29) is 21.9 Å². The molecule has 30 heavy (non-hydrogen) atoms. The van der Waals surface area contributed by atoms with Crippen molar-refractivity contribution in [2.75, 3.05) is 4.72 Å². The molecule has 1 heterocycles. The fraction of sp³-hybridized carbons (Fsp3) is 0.455. The molecule has 2 atom stereocenters. The Morgan fingerprint density at radius 3 is 1.87 bits per heavy atom. The minimum atomic E-state index is -3.79. The van der Waals surface area contributed by atoms with E-state index in [9.17, 15) is 16.8 Å². The lowest BCUT2D eigenvalue weighted by atomic mass is 10.0. The van der Waals surface area contributed by atoms with E-state index >= 15 is 0 Å². The van der Waals surface area contributed by atoms with Gasteiger partial charge in [-0.2, -0.15) is 4.31 Å². The molecule has 8 heteroatoms. The molecule has 1 aliphatic heterocycles. The molecule has 0 saturated carbocycles. The monoisotopic (exact) mass is 450 g/mol. The summed E-state index contributed by atoms with van der Waals surface area (Å²) in [5.74, 6) is 0. The molecule has 0 radical (unpaired) electrons. The summed E-state index contributed by atoms with van der Waals surface area (Å²) in [6.07, 6.45) is 2.71. The quantitative estimate of drug-likeness (QED) is 0.733. The highest BCUT2D eigenvalue weighted by atomic mass is 32.2. The number of piperidine rings is 1. The molecular weight excluding hydrogens is 420 g/mol. The van der Waals surface area contributed by atoms with Crippen LogP contribution in [0.5, 0.6) is 0 Å². The van der Waals surface area contributed by atoms with E-state index in [1.807, 2.05) is 32.9 Å². The van der Waals surface area contributed by atoms with E-state index in [1.165, 1.54) is 24.3 Å². The summed E-state index contributed by atoms with van der Waals surface area (Å²) in [6.45, 7) is 9.33. The third kappa shape index (κ3) is 4.40. The number of sulfonamides is 2. The van der Waals surface area contributed by atoms with E-state index in [0.717, 1.165) is 24.8 Å². The summed E-state index contributed by atoms with van der Waals surface area (Å²) < 4.78 is 56.3. The maximum atomic E-state index is 13.1. The van der Waals surface area contributed by atoms with Crippen LogP contribution in [0.2, 0.25) is 0 Å². The Labute approximate surface area is 180 Å². The van der Waals surface area contributed by atoms with E-state index in [0.29, 0.717) is 16.8 Å². The van der Waals surface area contributed by atoms with Crippen molar-refractivity contribution in [2.24, 2.45) is 0 Å². The number of aryl methyl sites for hydroxylation is 3. The van der Waals surface area contributed by atoms with Gasteiger partial charge in [-0.3, -0.25) is 4.72 Å². The summed E-state index contributed by atoms with van der Waals surface area (Å²) in [6, 6.07) is 9.50. The van der Waals surface area contributed by atoms with Crippen LogP contribution in [0.4, 0.5) is 5.69 Å². The number of rotatable bonds is 5. The predicted octanol–water partition coefficient (Wildman–Crippen LogP) is 4.36. The summed E-state index contributed by atoms with van der Waals surface area (Å²) in [4.78, 5) is 0.425. The summed E-state index contributed by atoms with van der Waals surface area (Å²) >= 11 is 0. The van der Waals surface area contributed by atoms with Gasteiger partial charge in [0.15, 0.2) is 0 Å². The first kappa shape index (κ1) is 22.8. The molecule has 6 nitrogen and oxygen atoms in total. The third-order valence-corrected chi connectivity index (χ3v) is 9.50. The minimum absolute atomic E-state index is 0.0515. The maximum Gasteiger partial charge on any atom is 0.262 e. The lowest BCUT2D eigenvalue weighted by Crippen LogP contribution is -2.47. The van der Waals surface area contributed by atoms with Crippen LogP contribution in [0.25, 0.3) is 0 Å². The van der Waals surface area contributed by atoms with E-state index in [1.54, 1.807) is 18.2 Å². The van der Waals surface area contributed by atoms with Crippen molar-refractivity contribution >= 4 is 25.7 Å². The van der Waals surface area contributed by atoms with E-state index in [4.69, 9.17) is 0 Å². The van der Waals surface area contributed by atoms with Gasteiger partial charge in [0.1, 0.15) is 0 Å². The lowest BCUT2D eigenvalue weighted by molar-refractivity contribution is 0.204.